The van der Waals surface area contributed by atoms with E-state index in [-0.39, 0.29) is 12.8 Å². The molecule has 0 aromatic carbocycles. The normalized spacial score (nSPS) is 21.3. The second-order valence-electron chi connectivity index (χ2n) is 18.6. The molecule has 11 heteroatoms. The van der Waals surface area contributed by atoms with Crippen molar-refractivity contribution in [3.8, 4) is 0 Å². The lowest BCUT2D eigenvalue weighted by atomic mass is 9.98. The first-order valence-electron chi connectivity index (χ1n) is 26.2. The predicted molar refractivity (Wildman–Crippen MR) is 256 cm³/mol. The predicted octanol–water partition coefficient (Wildman–Crippen LogP) is 9.79. The minimum absolute atomic E-state index is 0.257. The monoisotopic (exact) mass is 898 g/mol. The number of carbonyl (C=O) groups is 1. The quantitative estimate of drug-likeness (QED) is 0.0216. The molecule has 9 unspecified atom stereocenters. The van der Waals surface area contributed by atoms with Gasteiger partial charge < -0.3 is 50.5 Å². The number of aliphatic hydroxyl groups excluding tert-OH is 7. The minimum Gasteiger partial charge on any atom is -0.394 e. The smallest absolute Gasteiger partial charge is 0.249 e. The Bertz CT molecular complexity index is 1080. The standard InChI is InChI=1S/C52H99NO10/c1-3-5-7-9-11-13-15-17-19-20-21-22-23-24-25-26-28-30-32-34-36-38-40-45(56)51(61)53-43(42-62-52-50(60)49(59)48(58)46(41-54)63-52)47(57)44(55)39-37-35-33-31-29-27-18-16-14-12-10-8-6-4-2/h17,19,27,29,43-50,52,54-60H,3-16,18,20-26,28,30-42H2,1-2H3,(H,53,61). The van der Waals surface area contributed by atoms with Crippen molar-refractivity contribution in [3.63, 3.8) is 0 Å². The SMILES string of the molecule is CCCCCCCCC=CCCCCCCCCCCCCCCC(O)C(=O)NC(COC1OC(CO)C(O)C(O)C1O)C(O)C(O)CCCCCC=CCCCCCCCCC. The zero-order valence-corrected chi connectivity index (χ0v) is 40.3. The molecule has 0 aromatic heterocycles. The molecule has 0 spiro atoms. The van der Waals surface area contributed by atoms with E-state index in [0.717, 1.165) is 44.9 Å². The summed E-state index contributed by atoms with van der Waals surface area (Å²) >= 11 is 0. The van der Waals surface area contributed by atoms with Crippen LogP contribution in [0.3, 0.4) is 0 Å². The van der Waals surface area contributed by atoms with Gasteiger partial charge in [-0.2, -0.15) is 0 Å². The molecule has 1 amide bonds. The maximum atomic E-state index is 13.1. The van der Waals surface area contributed by atoms with Gasteiger partial charge in [-0.05, 0) is 64.2 Å². The molecule has 0 aromatic rings. The number of rotatable bonds is 44. The zero-order valence-electron chi connectivity index (χ0n) is 40.3. The van der Waals surface area contributed by atoms with E-state index < -0.39 is 74.2 Å². The van der Waals surface area contributed by atoms with E-state index in [2.05, 4.69) is 43.5 Å². The first kappa shape index (κ1) is 59.6. The van der Waals surface area contributed by atoms with Gasteiger partial charge in [-0.3, -0.25) is 4.79 Å². The number of hydrogen-bond donors (Lipinski definition) is 8. The summed E-state index contributed by atoms with van der Waals surface area (Å²) in [5.41, 5.74) is 0. The molecular formula is C52H99NO10. The number of allylic oxidation sites excluding steroid dienone is 4. The maximum Gasteiger partial charge on any atom is 0.249 e. The van der Waals surface area contributed by atoms with Crippen LogP contribution in [0.25, 0.3) is 0 Å². The maximum absolute atomic E-state index is 13.1. The molecular weight excluding hydrogens is 799 g/mol. The van der Waals surface area contributed by atoms with Gasteiger partial charge in [-0.25, -0.2) is 0 Å². The molecule has 1 heterocycles. The van der Waals surface area contributed by atoms with Crippen molar-refractivity contribution in [1.29, 1.82) is 0 Å². The van der Waals surface area contributed by atoms with Crippen molar-refractivity contribution < 1.29 is 50.0 Å². The largest absolute Gasteiger partial charge is 0.394 e. The molecule has 8 N–H and O–H groups in total. The average Bonchev–Trinajstić information content (AvgIpc) is 3.28. The number of aliphatic hydroxyl groups is 7. The van der Waals surface area contributed by atoms with Crippen molar-refractivity contribution in [3.05, 3.63) is 24.3 Å². The summed E-state index contributed by atoms with van der Waals surface area (Å²) in [4.78, 5) is 13.1. The van der Waals surface area contributed by atoms with Crippen LogP contribution in [0.15, 0.2) is 24.3 Å². The third-order valence-corrected chi connectivity index (χ3v) is 12.7. The summed E-state index contributed by atoms with van der Waals surface area (Å²) in [5.74, 6) is -0.702. The number of ether oxygens (including phenoxy) is 2. The van der Waals surface area contributed by atoms with Crippen molar-refractivity contribution in [1.82, 2.24) is 5.32 Å². The fourth-order valence-electron chi connectivity index (χ4n) is 8.37. The van der Waals surface area contributed by atoms with E-state index in [9.17, 15) is 40.5 Å². The molecule has 0 bridgehead atoms. The molecule has 1 fully saturated rings. The lowest BCUT2D eigenvalue weighted by molar-refractivity contribution is -0.303. The van der Waals surface area contributed by atoms with Crippen LogP contribution in [0.4, 0.5) is 0 Å². The highest BCUT2D eigenvalue weighted by Gasteiger charge is 2.44. The molecule has 1 aliphatic heterocycles. The molecule has 9 atom stereocenters. The van der Waals surface area contributed by atoms with E-state index in [0.29, 0.717) is 12.8 Å². The fraction of sp³-hybridized carbons (Fsp3) is 0.904. The van der Waals surface area contributed by atoms with Crippen molar-refractivity contribution in [2.75, 3.05) is 13.2 Å². The molecule has 63 heavy (non-hydrogen) atoms. The van der Waals surface area contributed by atoms with E-state index >= 15 is 0 Å². The number of amides is 1. The van der Waals surface area contributed by atoms with Gasteiger partial charge in [0.25, 0.3) is 0 Å². The third kappa shape index (κ3) is 31.2. The van der Waals surface area contributed by atoms with Gasteiger partial charge >= 0.3 is 0 Å². The topological polar surface area (TPSA) is 189 Å². The van der Waals surface area contributed by atoms with Gasteiger partial charge in [0.1, 0.15) is 36.6 Å². The second-order valence-corrected chi connectivity index (χ2v) is 18.6. The number of hydrogen-bond acceptors (Lipinski definition) is 10. The van der Waals surface area contributed by atoms with Crippen LogP contribution in [-0.2, 0) is 14.3 Å². The van der Waals surface area contributed by atoms with Crippen LogP contribution in [0, 0.1) is 0 Å². The number of nitrogens with one attached hydrogen (secondary N) is 1. The highest BCUT2D eigenvalue weighted by Crippen LogP contribution is 2.23. The van der Waals surface area contributed by atoms with Gasteiger partial charge in [-0.1, -0.05) is 192 Å². The van der Waals surface area contributed by atoms with E-state index in [1.807, 2.05) is 0 Å². The first-order chi connectivity index (χ1) is 30.7. The van der Waals surface area contributed by atoms with Crippen LogP contribution in [0.1, 0.15) is 232 Å². The molecule has 1 aliphatic rings. The van der Waals surface area contributed by atoms with E-state index in [1.165, 1.54) is 148 Å². The van der Waals surface area contributed by atoms with E-state index in [1.54, 1.807) is 0 Å². The summed E-state index contributed by atoms with van der Waals surface area (Å²) in [6.07, 6.45) is 36.5. The second kappa shape index (κ2) is 42.0. The summed E-state index contributed by atoms with van der Waals surface area (Å²) in [5, 5.41) is 75.9. The Kier molecular flexibility index (Phi) is 39.7. The lowest BCUT2D eigenvalue weighted by Gasteiger charge is -2.40. The molecule has 1 saturated heterocycles. The van der Waals surface area contributed by atoms with Crippen LogP contribution in [0.2, 0.25) is 0 Å². The van der Waals surface area contributed by atoms with Crippen LogP contribution in [0.5, 0.6) is 0 Å². The first-order valence-corrected chi connectivity index (χ1v) is 26.2. The molecule has 1 rings (SSSR count). The highest BCUT2D eigenvalue weighted by atomic mass is 16.7. The molecule has 372 valence electrons. The van der Waals surface area contributed by atoms with Crippen molar-refractivity contribution >= 4 is 5.91 Å². The minimum atomic E-state index is -1.66. The summed E-state index contributed by atoms with van der Waals surface area (Å²) in [7, 11) is 0. The highest BCUT2D eigenvalue weighted by molar-refractivity contribution is 5.80. The van der Waals surface area contributed by atoms with Gasteiger partial charge in [0.05, 0.1) is 25.4 Å². The Morgan fingerprint density at radius 3 is 1.35 bits per heavy atom. The van der Waals surface area contributed by atoms with Crippen LogP contribution in [-0.4, -0.2) is 110 Å². The average molecular weight is 898 g/mol. The lowest BCUT2D eigenvalue weighted by Crippen LogP contribution is -2.60. The molecule has 0 aliphatic carbocycles. The summed E-state index contributed by atoms with van der Waals surface area (Å²) in [6.45, 7) is 3.44. The Balaban J connectivity index is 2.36. The zero-order chi connectivity index (χ0) is 46.2. The molecule has 0 radical (unpaired) electrons. The van der Waals surface area contributed by atoms with E-state index in [4.69, 9.17) is 9.47 Å². The van der Waals surface area contributed by atoms with Gasteiger partial charge in [-0.15, -0.1) is 0 Å². The Labute approximate surface area is 384 Å². The molecule has 11 nitrogen and oxygen atoms in total. The van der Waals surface area contributed by atoms with Crippen molar-refractivity contribution in [2.45, 2.75) is 287 Å². The fourth-order valence-corrected chi connectivity index (χ4v) is 8.37. The Hall–Kier alpha value is -1.41. The molecule has 0 saturated carbocycles. The number of unbranched alkanes of at least 4 members (excludes halogenated alkanes) is 28. The van der Waals surface area contributed by atoms with Gasteiger partial charge in [0, 0.05) is 0 Å². The Morgan fingerprint density at radius 2 is 0.921 bits per heavy atom. The summed E-state index contributed by atoms with van der Waals surface area (Å²) in [6, 6.07) is -1.18. The van der Waals surface area contributed by atoms with Crippen LogP contribution < -0.4 is 5.32 Å². The van der Waals surface area contributed by atoms with Crippen molar-refractivity contribution in [2.24, 2.45) is 0 Å². The van der Waals surface area contributed by atoms with Gasteiger partial charge in [0.2, 0.25) is 5.91 Å². The van der Waals surface area contributed by atoms with Crippen LogP contribution >= 0.6 is 0 Å². The Morgan fingerprint density at radius 1 is 0.540 bits per heavy atom. The van der Waals surface area contributed by atoms with Gasteiger partial charge in [0.15, 0.2) is 6.29 Å². The number of carbonyl (C=O) groups excluding carboxylic acids is 1. The summed E-state index contributed by atoms with van der Waals surface area (Å²) < 4.78 is 11.1. The third-order valence-electron chi connectivity index (χ3n) is 12.7.